The first-order chi connectivity index (χ1) is 20.9. The Morgan fingerprint density at radius 2 is 1.30 bits per heavy atom. The highest BCUT2D eigenvalue weighted by atomic mass is 19.4. The number of rotatable bonds is 9. The third-order valence-corrected chi connectivity index (χ3v) is 10.4. The number of hydrogen-bond donors (Lipinski definition) is 0. The van der Waals surface area contributed by atoms with Crippen LogP contribution in [0.4, 0.5) is 30.7 Å². The molecule has 2 aromatic rings. The Kier molecular flexibility index (Phi) is 10.2. The molecule has 9 heteroatoms. The Morgan fingerprint density at radius 3 is 1.86 bits per heavy atom. The average molecular weight is 627 g/mol. The minimum absolute atomic E-state index is 0.107. The van der Waals surface area contributed by atoms with E-state index in [4.69, 9.17) is 4.74 Å². The first-order valence-corrected chi connectivity index (χ1v) is 15.9. The zero-order chi connectivity index (χ0) is 31.5. The van der Waals surface area contributed by atoms with Crippen LogP contribution in [0.3, 0.4) is 0 Å². The van der Waals surface area contributed by atoms with Crippen molar-refractivity contribution in [1.82, 2.24) is 0 Å². The summed E-state index contributed by atoms with van der Waals surface area (Å²) in [7, 11) is 0. The van der Waals surface area contributed by atoms with Crippen LogP contribution in [0.5, 0.6) is 11.5 Å². The second-order valence-corrected chi connectivity index (χ2v) is 13.1. The van der Waals surface area contributed by atoms with Gasteiger partial charge in [0, 0.05) is 6.07 Å². The second kappa shape index (κ2) is 13.7. The molecule has 0 amide bonds. The van der Waals surface area contributed by atoms with Gasteiger partial charge in [-0.3, -0.25) is 0 Å². The highest BCUT2D eigenvalue weighted by Gasteiger charge is 2.45. The SMILES string of the molecule is C=CCC1CCC(c2ccc(C3CCC(C4CCC(C(F)(F)Oc5ccc(OC(F)(F)F)c(F)c5)CC4)CC3)c(F)c2)CC1. The Hall–Kier alpha value is -2.71. The molecule has 3 fully saturated rings. The summed E-state index contributed by atoms with van der Waals surface area (Å²) in [5.41, 5.74) is 1.90. The van der Waals surface area contributed by atoms with Gasteiger partial charge < -0.3 is 9.47 Å². The van der Waals surface area contributed by atoms with Gasteiger partial charge in [0.25, 0.3) is 0 Å². The molecule has 5 rings (SSSR count). The topological polar surface area (TPSA) is 18.5 Å². The normalized spacial score (nSPS) is 28.3. The van der Waals surface area contributed by atoms with Crippen molar-refractivity contribution in [3.8, 4) is 11.5 Å². The quantitative estimate of drug-likeness (QED) is 0.204. The van der Waals surface area contributed by atoms with E-state index in [1.54, 1.807) is 6.07 Å². The van der Waals surface area contributed by atoms with E-state index in [1.807, 2.05) is 12.1 Å². The predicted octanol–water partition coefficient (Wildman–Crippen LogP) is 11.5. The van der Waals surface area contributed by atoms with E-state index in [1.165, 1.54) is 0 Å². The largest absolute Gasteiger partial charge is 0.573 e. The van der Waals surface area contributed by atoms with Crippen molar-refractivity contribution in [1.29, 1.82) is 0 Å². The maximum absolute atomic E-state index is 15.3. The highest BCUT2D eigenvalue weighted by molar-refractivity contribution is 5.33. The molecule has 0 atom stereocenters. The van der Waals surface area contributed by atoms with Gasteiger partial charge in [0.2, 0.25) is 0 Å². The molecule has 0 saturated heterocycles. The summed E-state index contributed by atoms with van der Waals surface area (Å²) >= 11 is 0. The van der Waals surface area contributed by atoms with Crippen LogP contribution >= 0.6 is 0 Å². The molecular formula is C35H41F7O2. The molecule has 0 unspecified atom stereocenters. The van der Waals surface area contributed by atoms with Crippen LogP contribution in [-0.4, -0.2) is 12.5 Å². The first-order valence-electron chi connectivity index (χ1n) is 15.9. The summed E-state index contributed by atoms with van der Waals surface area (Å²) in [6, 6.07) is 7.80. The lowest BCUT2D eigenvalue weighted by Crippen LogP contribution is -2.38. The number of ether oxygens (including phenoxy) is 2. The van der Waals surface area contributed by atoms with Crippen molar-refractivity contribution in [3.05, 3.63) is 71.8 Å². The number of allylic oxidation sites excluding steroid dienone is 1. The Labute approximate surface area is 255 Å². The monoisotopic (exact) mass is 626 g/mol. The third-order valence-electron chi connectivity index (χ3n) is 10.4. The summed E-state index contributed by atoms with van der Waals surface area (Å²) in [4.78, 5) is 0. The van der Waals surface area contributed by atoms with Crippen molar-refractivity contribution in [2.24, 2.45) is 23.7 Å². The van der Waals surface area contributed by atoms with Gasteiger partial charge in [0.15, 0.2) is 11.6 Å². The maximum Gasteiger partial charge on any atom is 0.573 e. The smallest absolute Gasteiger partial charge is 0.432 e. The minimum Gasteiger partial charge on any atom is -0.432 e. The van der Waals surface area contributed by atoms with Crippen LogP contribution in [0.2, 0.25) is 0 Å². The van der Waals surface area contributed by atoms with Gasteiger partial charge in [-0.2, -0.15) is 8.78 Å². The molecule has 3 aliphatic rings. The Bertz CT molecular complexity index is 1250. The predicted molar refractivity (Wildman–Crippen MR) is 155 cm³/mol. The zero-order valence-corrected chi connectivity index (χ0v) is 24.9. The fourth-order valence-corrected chi connectivity index (χ4v) is 7.92. The second-order valence-electron chi connectivity index (χ2n) is 13.1. The van der Waals surface area contributed by atoms with Crippen molar-refractivity contribution >= 4 is 0 Å². The van der Waals surface area contributed by atoms with Gasteiger partial charge in [-0.1, -0.05) is 18.2 Å². The standard InChI is InChI=1S/C35H41F7O2/c1-2-3-22-4-6-25(7-5-22)27-14-18-30(31(36)20-27)26-10-8-23(9-11-26)24-12-15-28(16-13-24)34(38,39)43-29-17-19-33(32(37)21-29)44-35(40,41)42/h2,14,17-26,28H,1,3-13,15-16H2. The molecule has 0 aliphatic heterocycles. The molecule has 0 bridgehead atoms. The average Bonchev–Trinajstić information content (AvgIpc) is 2.99. The van der Waals surface area contributed by atoms with E-state index in [2.05, 4.69) is 17.4 Å². The lowest BCUT2D eigenvalue weighted by atomic mass is 9.68. The molecular weight excluding hydrogens is 585 g/mol. The van der Waals surface area contributed by atoms with E-state index in [0.29, 0.717) is 48.6 Å². The molecule has 3 saturated carbocycles. The van der Waals surface area contributed by atoms with E-state index in [-0.39, 0.29) is 24.6 Å². The van der Waals surface area contributed by atoms with Crippen LogP contribution in [0.15, 0.2) is 49.1 Å². The van der Waals surface area contributed by atoms with Crippen LogP contribution < -0.4 is 9.47 Å². The molecule has 0 N–H and O–H groups in total. The van der Waals surface area contributed by atoms with E-state index in [9.17, 15) is 26.3 Å². The van der Waals surface area contributed by atoms with E-state index in [0.717, 1.165) is 75.0 Å². The fourth-order valence-electron chi connectivity index (χ4n) is 7.92. The van der Waals surface area contributed by atoms with Crippen molar-refractivity contribution < 1.29 is 40.2 Å². The molecule has 2 aromatic carbocycles. The van der Waals surface area contributed by atoms with E-state index < -0.39 is 35.7 Å². The molecule has 242 valence electrons. The van der Waals surface area contributed by atoms with Gasteiger partial charge in [-0.05, 0) is 142 Å². The van der Waals surface area contributed by atoms with Gasteiger partial charge in [-0.15, -0.1) is 19.8 Å². The molecule has 0 radical (unpaired) electrons. The molecule has 0 aromatic heterocycles. The summed E-state index contributed by atoms with van der Waals surface area (Å²) in [6.45, 7) is 3.85. The fraction of sp³-hybridized carbons (Fsp3) is 0.600. The van der Waals surface area contributed by atoms with Crippen LogP contribution in [0.1, 0.15) is 106 Å². The Morgan fingerprint density at radius 1 is 0.682 bits per heavy atom. The summed E-state index contributed by atoms with van der Waals surface area (Å²) < 4.78 is 105. The molecule has 0 heterocycles. The number of alkyl halides is 5. The zero-order valence-electron chi connectivity index (χ0n) is 24.9. The van der Waals surface area contributed by atoms with Gasteiger partial charge in [0.05, 0.1) is 5.92 Å². The highest BCUT2D eigenvalue weighted by Crippen LogP contribution is 2.48. The van der Waals surface area contributed by atoms with Gasteiger partial charge in [-0.25, -0.2) is 8.78 Å². The maximum atomic E-state index is 15.3. The molecule has 2 nitrogen and oxygen atoms in total. The summed E-state index contributed by atoms with van der Waals surface area (Å²) in [5, 5.41) is 0. The van der Waals surface area contributed by atoms with Gasteiger partial charge in [0.1, 0.15) is 11.6 Å². The molecule has 3 aliphatic carbocycles. The van der Waals surface area contributed by atoms with Crippen molar-refractivity contribution in [3.63, 3.8) is 0 Å². The lowest BCUT2D eigenvalue weighted by Gasteiger charge is -2.39. The van der Waals surface area contributed by atoms with E-state index >= 15 is 4.39 Å². The lowest BCUT2D eigenvalue weighted by molar-refractivity contribution is -0.275. The Balaban J connectivity index is 1.08. The number of hydrogen-bond acceptors (Lipinski definition) is 2. The van der Waals surface area contributed by atoms with Crippen molar-refractivity contribution in [2.45, 2.75) is 108 Å². The van der Waals surface area contributed by atoms with Crippen LogP contribution in [0.25, 0.3) is 0 Å². The van der Waals surface area contributed by atoms with Crippen molar-refractivity contribution in [2.75, 3.05) is 0 Å². The minimum atomic E-state index is -5.10. The molecule has 44 heavy (non-hydrogen) atoms. The van der Waals surface area contributed by atoms with Gasteiger partial charge >= 0.3 is 12.5 Å². The summed E-state index contributed by atoms with van der Waals surface area (Å²) in [6.07, 6.45) is 4.21. The third kappa shape index (κ3) is 8.11. The van der Waals surface area contributed by atoms with Crippen LogP contribution in [0, 0.1) is 35.3 Å². The summed E-state index contributed by atoms with van der Waals surface area (Å²) in [5.74, 6) is -2.28. The molecule has 0 spiro atoms. The van der Waals surface area contributed by atoms with Crippen LogP contribution in [-0.2, 0) is 0 Å². The number of halogens is 7. The first kappa shape index (κ1) is 32.7. The number of benzene rings is 2.